The van der Waals surface area contributed by atoms with Crippen molar-refractivity contribution in [1.29, 1.82) is 0 Å². The van der Waals surface area contributed by atoms with Crippen LogP contribution in [0.3, 0.4) is 0 Å². The van der Waals surface area contributed by atoms with E-state index in [1.165, 1.54) is 18.4 Å². The highest BCUT2D eigenvalue weighted by molar-refractivity contribution is 5.94. The van der Waals surface area contributed by atoms with E-state index in [2.05, 4.69) is 12.2 Å². The van der Waals surface area contributed by atoms with E-state index in [0.29, 0.717) is 0 Å². The van der Waals surface area contributed by atoms with Crippen molar-refractivity contribution in [3.63, 3.8) is 0 Å². The van der Waals surface area contributed by atoms with E-state index >= 15 is 0 Å². The van der Waals surface area contributed by atoms with Gasteiger partial charge < -0.3 is 11.1 Å². The number of aryl methyl sites for hydroxylation is 1. The summed E-state index contributed by atoms with van der Waals surface area (Å²) < 4.78 is 0. The number of carbonyl (C=O) groups excluding carboxylic acids is 1. The first-order chi connectivity index (χ1) is 7.63. The summed E-state index contributed by atoms with van der Waals surface area (Å²) in [6.07, 6.45) is 3.49. The van der Waals surface area contributed by atoms with Gasteiger partial charge in [0.05, 0.1) is 6.04 Å². The Kier molecular flexibility index (Phi) is 4.99. The first-order valence-corrected chi connectivity index (χ1v) is 5.79. The van der Waals surface area contributed by atoms with Crippen molar-refractivity contribution in [1.82, 2.24) is 0 Å². The van der Waals surface area contributed by atoms with Crippen LogP contribution in [0.15, 0.2) is 24.3 Å². The molecule has 0 spiro atoms. The van der Waals surface area contributed by atoms with Crippen LogP contribution in [0, 0.1) is 0 Å². The van der Waals surface area contributed by atoms with E-state index in [1.807, 2.05) is 24.3 Å². The van der Waals surface area contributed by atoms with Crippen molar-refractivity contribution in [2.24, 2.45) is 5.73 Å². The molecule has 0 saturated carbocycles. The number of nitrogens with two attached hydrogens (primary N) is 1. The molecular formula is C13H20N2O. The van der Waals surface area contributed by atoms with E-state index in [4.69, 9.17) is 5.73 Å². The molecule has 3 nitrogen and oxygen atoms in total. The molecule has 0 saturated heterocycles. The average Bonchev–Trinajstić information content (AvgIpc) is 2.28. The zero-order chi connectivity index (χ0) is 12.0. The third-order valence-electron chi connectivity index (χ3n) is 2.45. The van der Waals surface area contributed by atoms with Crippen molar-refractivity contribution in [3.05, 3.63) is 29.8 Å². The number of carbonyl (C=O) groups is 1. The Morgan fingerprint density at radius 1 is 1.38 bits per heavy atom. The number of nitrogens with one attached hydrogen (secondary N) is 1. The van der Waals surface area contributed by atoms with Crippen molar-refractivity contribution >= 4 is 11.6 Å². The van der Waals surface area contributed by atoms with E-state index in [-0.39, 0.29) is 5.91 Å². The molecule has 0 fully saturated rings. The molecule has 0 aliphatic heterocycles. The minimum absolute atomic E-state index is 0.152. The molecule has 0 aliphatic carbocycles. The number of hydrogen-bond donors (Lipinski definition) is 2. The van der Waals surface area contributed by atoms with E-state index in [1.54, 1.807) is 6.92 Å². The normalized spacial score (nSPS) is 12.2. The summed E-state index contributed by atoms with van der Waals surface area (Å²) >= 11 is 0. The topological polar surface area (TPSA) is 55.1 Å². The molecule has 1 amide bonds. The summed E-state index contributed by atoms with van der Waals surface area (Å²) in [7, 11) is 0. The van der Waals surface area contributed by atoms with Gasteiger partial charge in [0, 0.05) is 5.69 Å². The van der Waals surface area contributed by atoms with Crippen LogP contribution in [0.25, 0.3) is 0 Å². The summed E-state index contributed by atoms with van der Waals surface area (Å²) in [5.74, 6) is -0.152. The zero-order valence-corrected chi connectivity index (χ0v) is 9.99. The lowest BCUT2D eigenvalue weighted by Gasteiger charge is -2.08. The molecule has 3 N–H and O–H groups in total. The van der Waals surface area contributed by atoms with Crippen LogP contribution in [0.5, 0.6) is 0 Å². The van der Waals surface area contributed by atoms with E-state index < -0.39 is 6.04 Å². The number of amides is 1. The van der Waals surface area contributed by atoms with Crippen molar-refractivity contribution in [2.75, 3.05) is 5.32 Å². The average molecular weight is 220 g/mol. The van der Waals surface area contributed by atoms with E-state index in [0.717, 1.165) is 12.1 Å². The minimum atomic E-state index is -0.472. The van der Waals surface area contributed by atoms with Crippen LogP contribution in [0.2, 0.25) is 0 Å². The number of rotatable bonds is 5. The lowest BCUT2D eigenvalue weighted by molar-refractivity contribution is -0.117. The molecule has 0 radical (unpaired) electrons. The van der Waals surface area contributed by atoms with Gasteiger partial charge in [0.25, 0.3) is 0 Å². The molecule has 3 heteroatoms. The van der Waals surface area contributed by atoms with Crippen LogP contribution in [0.4, 0.5) is 5.69 Å². The second-order valence-corrected chi connectivity index (χ2v) is 4.08. The first kappa shape index (κ1) is 12.7. The number of unbranched alkanes of at least 4 members (excludes halogenated alkanes) is 1. The van der Waals surface area contributed by atoms with Gasteiger partial charge in [-0.1, -0.05) is 25.5 Å². The maximum absolute atomic E-state index is 11.3. The summed E-state index contributed by atoms with van der Waals surface area (Å²) in [6.45, 7) is 3.85. The van der Waals surface area contributed by atoms with Crippen LogP contribution in [-0.2, 0) is 11.2 Å². The Morgan fingerprint density at radius 2 is 2.00 bits per heavy atom. The monoisotopic (exact) mass is 220 g/mol. The standard InChI is InChI=1S/C13H20N2O/c1-3-4-5-11-6-8-12(9-7-11)15-13(16)10(2)14/h6-10H,3-5,14H2,1-2H3,(H,15,16)/t10-/m0/s1. The molecule has 0 heterocycles. The van der Waals surface area contributed by atoms with Gasteiger partial charge in [-0.05, 0) is 37.5 Å². The predicted octanol–water partition coefficient (Wildman–Crippen LogP) is 2.31. The molecule has 0 aliphatic rings. The molecule has 1 rings (SSSR count). The quantitative estimate of drug-likeness (QED) is 0.800. The SMILES string of the molecule is CCCCc1ccc(NC(=O)[C@H](C)N)cc1. The van der Waals surface area contributed by atoms with Gasteiger partial charge in [-0.3, -0.25) is 4.79 Å². The molecule has 0 unspecified atom stereocenters. The van der Waals surface area contributed by atoms with Gasteiger partial charge in [-0.25, -0.2) is 0 Å². The molecule has 1 aromatic carbocycles. The number of benzene rings is 1. The van der Waals surface area contributed by atoms with Crippen LogP contribution in [0.1, 0.15) is 32.3 Å². The Balaban J connectivity index is 2.54. The van der Waals surface area contributed by atoms with Gasteiger partial charge in [0.2, 0.25) is 5.91 Å². The lowest BCUT2D eigenvalue weighted by Crippen LogP contribution is -2.32. The van der Waals surface area contributed by atoms with Crippen LogP contribution in [-0.4, -0.2) is 11.9 Å². The second-order valence-electron chi connectivity index (χ2n) is 4.08. The summed E-state index contributed by atoms with van der Waals surface area (Å²) in [4.78, 5) is 11.3. The Morgan fingerprint density at radius 3 is 2.50 bits per heavy atom. The molecule has 0 aromatic heterocycles. The molecule has 16 heavy (non-hydrogen) atoms. The molecule has 0 bridgehead atoms. The fourth-order valence-corrected chi connectivity index (χ4v) is 1.39. The molecule has 88 valence electrons. The zero-order valence-electron chi connectivity index (χ0n) is 9.99. The summed E-state index contributed by atoms with van der Waals surface area (Å²) in [5, 5.41) is 2.76. The molecular weight excluding hydrogens is 200 g/mol. The summed E-state index contributed by atoms with van der Waals surface area (Å²) in [5.41, 5.74) is 7.58. The predicted molar refractivity (Wildman–Crippen MR) is 67.3 cm³/mol. The maximum Gasteiger partial charge on any atom is 0.240 e. The Bertz CT molecular complexity index is 330. The highest BCUT2D eigenvalue weighted by Crippen LogP contribution is 2.11. The highest BCUT2D eigenvalue weighted by Gasteiger charge is 2.06. The van der Waals surface area contributed by atoms with Gasteiger partial charge in [0.1, 0.15) is 0 Å². The maximum atomic E-state index is 11.3. The fraction of sp³-hybridized carbons (Fsp3) is 0.462. The minimum Gasteiger partial charge on any atom is -0.325 e. The summed E-state index contributed by atoms with van der Waals surface area (Å²) in [6, 6.07) is 7.47. The Hall–Kier alpha value is -1.35. The molecule has 1 aromatic rings. The lowest BCUT2D eigenvalue weighted by atomic mass is 10.1. The van der Waals surface area contributed by atoms with E-state index in [9.17, 15) is 4.79 Å². The van der Waals surface area contributed by atoms with Gasteiger partial charge in [0.15, 0.2) is 0 Å². The molecule has 1 atom stereocenters. The van der Waals surface area contributed by atoms with Gasteiger partial charge in [-0.2, -0.15) is 0 Å². The van der Waals surface area contributed by atoms with Crippen LogP contribution < -0.4 is 11.1 Å². The van der Waals surface area contributed by atoms with Crippen molar-refractivity contribution in [2.45, 2.75) is 39.2 Å². The van der Waals surface area contributed by atoms with Gasteiger partial charge >= 0.3 is 0 Å². The number of anilines is 1. The highest BCUT2D eigenvalue weighted by atomic mass is 16.2. The number of hydrogen-bond acceptors (Lipinski definition) is 2. The van der Waals surface area contributed by atoms with Crippen molar-refractivity contribution < 1.29 is 4.79 Å². The van der Waals surface area contributed by atoms with Crippen molar-refractivity contribution in [3.8, 4) is 0 Å². The fourth-order valence-electron chi connectivity index (χ4n) is 1.39. The second kappa shape index (κ2) is 6.28. The largest absolute Gasteiger partial charge is 0.325 e. The third-order valence-corrected chi connectivity index (χ3v) is 2.45. The van der Waals surface area contributed by atoms with Gasteiger partial charge in [-0.15, -0.1) is 0 Å². The Labute approximate surface area is 97.0 Å². The smallest absolute Gasteiger partial charge is 0.240 e. The van der Waals surface area contributed by atoms with Crippen LogP contribution >= 0.6 is 0 Å². The first-order valence-electron chi connectivity index (χ1n) is 5.79. The third kappa shape index (κ3) is 4.03.